The zero-order valence-corrected chi connectivity index (χ0v) is 24.1. The van der Waals surface area contributed by atoms with Crippen molar-refractivity contribution in [2.45, 2.75) is 43.6 Å². The lowest BCUT2D eigenvalue weighted by atomic mass is 9.82. The molecule has 9 nitrogen and oxygen atoms in total. The third kappa shape index (κ3) is 4.88. The molecule has 4 heterocycles. The molecule has 218 valence electrons. The third-order valence-electron chi connectivity index (χ3n) is 8.85. The van der Waals surface area contributed by atoms with E-state index in [0.29, 0.717) is 65.6 Å². The number of ketones is 1. The normalized spacial score (nSPS) is 17.3. The van der Waals surface area contributed by atoms with Crippen LogP contribution in [0.1, 0.15) is 74.8 Å². The lowest BCUT2D eigenvalue weighted by molar-refractivity contribution is -0.00571. The van der Waals surface area contributed by atoms with Gasteiger partial charge in [0.1, 0.15) is 17.1 Å². The summed E-state index contributed by atoms with van der Waals surface area (Å²) in [5, 5.41) is 1.95. The topological polar surface area (TPSA) is 108 Å². The van der Waals surface area contributed by atoms with Gasteiger partial charge < -0.3 is 19.1 Å². The summed E-state index contributed by atoms with van der Waals surface area (Å²) in [5.41, 5.74) is 3.27. The first-order valence-corrected chi connectivity index (χ1v) is 14.5. The van der Waals surface area contributed by atoms with E-state index < -0.39 is 11.6 Å². The van der Waals surface area contributed by atoms with E-state index in [4.69, 9.17) is 14.2 Å². The van der Waals surface area contributed by atoms with Crippen LogP contribution in [0.2, 0.25) is 0 Å². The average Bonchev–Trinajstić information content (AvgIpc) is 3.89. The molecule has 43 heavy (non-hydrogen) atoms. The molecule has 0 unspecified atom stereocenters. The van der Waals surface area contributed by atoms with Gasteiger partial charge in [-0.25, -0.2) is 4.79 Å². The number of piperidine rings is 1. The zero-order valence-electron chi connectivity index (χ0n) is 24.1. The van der Waals surface area contributed by atoms with E-state index in [1.165, 1.54) is 13.3 Å². The molecular formula is C34H31N3O6. The standard InChI is InChI=1S/C34H31N3O6/c1-41-30-16-22(15-26-25(30)7-10-36-31(26)20-3-4-20)32(39)37-11-8-34(9-12-37)17-28(38)27-14-21(5-6-29(27)43-34)23-13-24(19-35-18-23)33(40)42-2/h5-7,10,13-16,18-20H,3-4,8-9,11-12,17H2,1-2H3. The van der Waals surface area contributed by atoms with Crippen molar-refractivity contribution in [1.29, 1.82) is 0 Å². The first kappa shape index (κ1) is 27.1. The number of pyridine rings is 2. The molecule has 2 fully saturated rings. The van der Waals surface area contributed by atoms with Crippen LogP contribution in [-0.2, 0) is 4.74 Å². The van der Waals surface area contributed by atoms with Crippen LogP contribution in [0.25, 0.3) is 21.9 Å². The van der Waals surface area contributed by atoms with Gasteiger partial charge in [0.15, 0.2) is 5.78 Å². The fourth-order valence-electron chi connectivity index (χ4n) is 6.33. The molecule has 4 aromatic rings. The van der Waals surface area contributed by atoms with E-state index in [0.717, 1.165) is 34.9 Å². The Morgan fingerprint density at radius 3 is 2.51 bits per heavy atom. The lowest BCUT2D eigenvalue weighted by Gasteiger charge is -2.44. The summed E-state index contributed by atoms with van der Waals surface area (Å²) in [5.74, 6) is 1.11. The fourth-order valence-corrected chi connectivity index (χ4v) is 6.33. The Morgan fingerprint density at radius 1 is 0.953 bits per heavy atom. The summed E-state index contributed by atoms with van der Waals surface area (Å²) >= 11 is 0. The number of benzene rings is 2. The summed E-state index contributed by atoms with van der Waals surface area (Å²) in [6.07, 6.45) is 8.48. The number of aromatic nitrogens is 2. The van der Waals surface area contributed by atoms with Gasteiger partial charge in [-0.1, -0.05) is 6.07 Å². The van der Waals surface area contributed by atoms with Crippen LogP contribution in [0.15, 0.2) is 61.1 Å². The Labute approximate surface area is 248 Å². The molecule has 9 heteroatoms. The minimum atomic E-state index is -0.654. The highest BCUT2D eigenvalue weighted by atomic mass is 16.5. The molecule has 2 aromatic heterocycles. The Bertz CT molecular complexity index is 1790. The Balaban J connectivity index is 1.09. The van der Waals surface area contributed by atoms with E-state index in [-0.39, 0.29) is 18.1 Å². The van der Waals surface area contributed by atoms with Crippen molar-refractivity contribution in [3.8, 4) is 22.6 Å². The van der Waals surface area contributed by atoms with Crippen LogP contribution in [0.5, 0.6) is 11.5 Å². The smallest absolute Gasteiger partial charge is 0.339 e. The van der Waals surface area contributed by atoms with E-state index >= 15 is 0 Å². The summed E-state index contributed by atoms with van der Waals surface area (Å²) in [7, 11) is 2.95. The zero-order chi connectivity index (χ0) is 29.7. The summed E-state index contributed by atoms with van der Waals surface area (Å²) in [6.45, 7) is 0.961. The number of likely N-dealkylation sites (tertiary alicyclic amines) is 1. The number of nitrogens with zero attached hydrogens (tertiary/aromatic N) is 3. The van der Waals surface area contributed by atoms with Gasteiger partial charge in [-0.15, -0.1) is 0 Å². The predicted molar refractivity (Wildman–Crippen MR) is 159 cm³/mol. The van der Waals surface area contributed by atoms with Gasteiger partial charge in [-0.3, -0.25) is 19.6 Å². The number of esters is 1. The number of carbonyl (C=O) groups excluding carboxylic acids is 3. The number of methoxy groups -OCH3 is 2. The summed E-state index contributed by atoms with van der Waals surface area (Å²) in [6, 6.07) is 12.9. The van der Waals surface area contributed by atoms with Crippen molar-refractivity contribution < 1.29 is 28.6 Å². The van der Waals surface area contributed by atoms with E-state index in [2.05, 4.69) is 9.97 Å². The molecule has 1 saturated carbocycles. The average molecular weight is 578 g/mol. The Hall–Kier alpha value is -4.79. The molecule has 7 rings (SSSR count). The predicted octanol–water partition coefficient (Wildman–Crippen LogP) is 5.61. The van der Waals surface area contributed by atoms with Crippen molar-refractivity contribution in [1.82, 2.24) is 14.9 Å². The number of fused-ring (bicyclic) bond motifs is 2. The van der Waals surface area contributed by atoms with E-state index in [1.54, 1.807) is 31.5 Å². The molecule has 2 aromatic carbocycles. The largest absolute Gasteiger partial charge is 0.496 e. The number of carbonyl (C=O) groups is 3. The number of ether oxygens (including phenoxy) is 3. The second kappa shape index (κ2) is 10.5. The minimum absolute atomic E-state index is 0.000621. The molecule has 0 bridgehead atoms. The van der Waals surface area contributed by atoms with Crippen LogP contribution in [-0.4, -0.2) is 65.4 Å². The van der Waals surface area contributed by atoms with E-state index in [1.807, 2.05) is 35.4 Å². The van der Waals surface area contributed by atoms with Gasteiger partial charge in [0.25, 0.3) is 5.91 Å². The van der Waals surface area contributed by atoms with Gasteiger partial charge in [-0.05, 0) is 54.8 Å². The number of hydrogen-bond acceptors (Lipinski definition) is 8. The van der Waals surface area contributed by atoms with Crippen LogP contribution in [0.3, 0.4) is 0 Å². The molecule has 1 aliphatic carbocycles. The van der Waals surface area contributed by atoms with E-state index in [9.17, 15) is 14.4 Å². The van der Waals surface area contributed by atoms with Crippen molar-refractivity contribution in [3.05, 3.63) is 83.4 Å². The summed E-state index contributed by atoms with van der Waals surface area (Å²) in [4.78, 5) is 49.7. The highest BCUT2D eigenvalue weighted by molar-refractivity contribution is 6.03. The molecule has 3 aliphatic rings. The third-order valence-corrected chi connectivity index (χ3v) is 8.85. The molecule has 0 N–H and O–H groups in total. The maximum Gasteiger partial charge on any atom is 0.339 e. The van der Waals surface area contributed by atoms with Gasteiger partial charge in [0, 0.05) is 72.3 Å². The highest BCUT2D eigenvalue weighted by Crippen LogP contribution is 2.44. The Morgan fingerprint density at radius 2 is 1.77 bits per heavy atom. The van der Waals surface area contributed by atoms with Gasteiger partial charge in [0.2, 0.25) is 0 Å². The highest BCUT2D eigenvalue weighted by Gasteiger charge is 2.44. The monoisotopic (exact) mass is 577 g/mol. The number of Topliss-reactive ketones (excluding diaryl/α,β-unsaturated/α-hetero) is 1. The first-order chi connectivity index (χ1) is 20.9. The number of rotatable bonds is 5. The quantitative estimate of drug-likeness (QED) is 0.282. The van der Waals surface area contributed by atoms with Crippen LogP contribution in [0.4, 0.5) is 0 Å². The lowest BCUT2D eigenvalue weighted by Crippen LogP contribution is -2.52. The van der Waals surface area contributed by atoms with Crippen molar-refractivity contribution in [2.24, 2.45) is 0 Å². The Kier molecular flexibility index (Phi) is 6.60. The molecule has 0 atom stereocenters. The van der Waals surface area contributed by atoms with Crippen LogP contribution >= 0.6 is 0 Å². The summed E-state index contributed by atoms with van der Waals surface area (Å²) < 4.78 is 17.0. The second-order valence-corrected chi connectivity index (χ2v) is 11.6. The second-order valence-electron chi connectivity index (χ2n) is 11.6. The number of amides is 1. The maximum atomic E-state index is 13.7. The first-order valence-electron chi connectivity index (χ1n) is 14.5. The van der Waals surface area contributed by atoms with Crippen molar-refractivity contribution in [2.75, 3.05) is 27.3 Å². The molecular weight excluding hydrogens is 546 g/mol. The molecule has 2 aliphatic heterocycles. The minimum Gasteiger partial charge on any atom is -0.496 e. The van der Waals surface area contributed by atoms with Crippen LogP contribution in [0, 0.1) is 0 Å². The maximum absolute atomic E-state index is 13.7. The molecule has 1 spiro atoms. The number of hydrogen-bond donors (Lipinski definition) is 0. The van der Waals surface area contributed by atoms with Gasteiger partial charge >= 0.3 is 5.97 Å². The van der Waals surface area contributed by atoms with Crippen LogP contribution < -0.4 is 9.47 Å². The van der Waals surface area contributed by atoms with Gasteiger partial charge in [0.05, 0.1) is 37.5 Å². The van der Waals surface area contributed by atoms with Crippen molar-refractivity contribution >= 4 is 28.4 Å². The fraction of sp³-hybridized carbons (Fsp3) is 0.324. The molecule has 1 saturated heterocycles. The van der Waals surface area contributed by atoms with Crippen molar-refractivity contribution in [3.63, 3.8) is 0 Å². The van der Waals surface area contributed by atoms with Gasteiger partial charge in [-0.2, -0.15) is 0 Å². The molecule has 1 amide bonds. The molecule has 0 radical (unpaired) electrons. The SMILES string of the molecule is COC(=O)c1cncc(-c2ccc3c(c2)C(=O)CC2(CCN(C(=O)c4cc(OC)c5ccnc(C6CC6)c5c4)CC2)O3)c1.